The Morgan fingerprint density at radius 3 is 2.44 bits per heavy atom. The van der Waals surface area contributed by atoms with E-state index < -0.39 is 0 Å². The Morgan fingerprint density at radius 2 is 1.69 bits per heavy atom. The van der Waals surface area contributed by atoms with Crippen molar-refractivity contribution in [1.29, 1.82) is 0 Å². The van der Waals surface area contributed by atoms with Crippen LogP contribution in [-0.2, 0) is 19.5 Å². The number of benzene rings is 2. The van der Waals surface area contributed by atoms with Gasteiger partial charge < -0.3 is 14.1 Å². The third-order valence-corrected chi connectivity index (χ3v) is 4.99. The third kappa shape index (κ3) is 5.82. The largest absolute Gasteiger partial charge is 0.493 e. The Hall–Kier alpha value is -3.93. The molecule has 5 nitrogen and oxygen atoms in total. The van der Waals surface area contributed by atoms with Gasteiger partial charge in [0, 0.05) is 31.9 Å². The van der Waals surface area contributed by atoms with E-state index in [-0.39, 0.29) is 11.7 Å². The van der Waals surface area contributed by atoms with Crippen molar-refractivity contribution in [2.75, 3.05) is 6.61 Å². The maximum atomic E-state index is 13.0. The van der Waals surface area contributed by atoms with Gasteiger partial charge in [0.25, 0.3) is 5.91 Å². The van der Waals surface area contributed by atoms with E-state index in [2.05, 4.69) is 4.98 Å². The lowest BCUT2D eigenvalue weighted by Gasteiger charge is -2.22. The lowest BCUT2D eigenvalue weighted by molar-refractivity contribution is 0.0697. The van der Waals surface area contributed by atoms with E-state index in [1.165, 1.54) is 18.4 Å². The Bertz CT molecular complexity index is 1130. The summed E-state index contributed by atoms with van der Waals surface area (Å²) in [5.41, 5.74) is 2.93. The van der Waals surface area contributed by atoms with Crippen LogP contribution in [0.1, 0.15) is 27.2 Å². The first-order valence-corrected chi connectivity index (χ1v) is 10.4. The predicted molar refractivity (Wildman–Crippen MR) is 119 cm³/mol. The number of nitrogens with zero attached hydrogens (tertiary/aromatic N) is 2. The first-order valence-electron chi connectivity index (χ1n) is 10.4. The summed E-state index contributed by atoms with van der Waals surface area (Å²) in [4.78, 5) is 18.8. The molecule has 0 spiro atoms. The molecule has 0 saturated heterocycles. The van der Waals surface area contributed by atoms with Crippen molar-refractivity contribution < 1.29 is 18.3 Å². The molecule has 4 rings (SSSR count). The van der Waals surface area contributed by atoms with Gasteiger partial charge in [0.2, 0.25) is 0 Å². The molecule has 2 heterocycles. The number of furan rings is 1. The average Bonchev–Trinajstić information content (AvgIpc) is 3.36. The van der Waals surface area contributed by atoms with Crippen molar-refractivity contribution in [3.63, 3.8) is 0 Å². The van der Waals surface area contributed by atoms with Crippen LogP contribution in [0.3, 0.4) is 0 Å². The number of amides is 1. The molecule has 0 aliphatic carbocycles. The Kier molecular flexibility index (Phi) is 6.92. The van der Waals surface area contributed by atoms with Crippen LogP contribution in [0, 0.1) is 5.82 Å². The molecule has 0 radical (unpaired) electrons. The Labute approximate surface area is 186 Å². The number of carbonyl (C=O) groups excluding carboxylic acids is 1. The zero-order valence-corrected chi connectivity index (χ0v) is 17.5. The highest BCUT2D eigenvalue weighted by atomic mass is 19.1. The minimum Gasteiger partial charge on any atom is -0.493 e. The second-order valence-corrected chi connectivity index (χ2v) is 7.37. The van der Waals surface area contributed by atoms with Crippen molar-refractivity contribution in [1.82, 2.24) is 9.88 Å². The van der Waals surface area contributed by atoms with Crippen molar-refractivity contribution >= 4 is 5.91 Å². The summed E-state index contributed by atoms with van der Waals surface area (Å²) < 4.78 is 24.3. The summed E-state index contributed by atoms with van der Waals surface area (Å²) in [6.07, 6.45) is 5.59. The predicted octanol–water partition coefficient (Wildman–Crippen LogP) is 5.28. The highest BCUT2D eigenvalue weighted by molar-refractivity contribution is 5.91. The molecule has 2 aromatic carbocycles. The highest BCUT2D eigenvalue weighted by Crippen LogP contribution is 2.19. The lowest BCUT2D eigenvalue weighted by Crippen LogP contribution is -2.29. The summed E-state index contributed by atoms with van der Waals surface area (Å²) in [7, 11) is 0. The zero-order valence-electron chi connectivity index (χ0n) is 17.5. The van der Waals surface area contributed by atoms with Gasteiger partial charge >= 0.3 is 0 Å². The molecular formula is C26H23FN2O3. The van der Waals surface area contributed by atoms with E-state index in [0.717, 1.165) is 22.4 Å². The first kappa shape index (κ1) is 21.3. The van der Waals surface area contributed by atoms with Gasteiger partial charge in [0.15, 0.2) is 5.76 Å². The smallest absolute Gasteiger partial charge is 0.290 e. The van der Waals surface area contributed by atoms with Crippen molar-refractivity contribution in [3.05, 3.63) is 120 Å². The lowest BCUT2D eigenvalue weighted by atomic mass is 10.1. The Balaban J connectivity index is 1.43. The van der Waals surface area contributed by atoms with Crippen LogP contribution in [0.2, 0.25) is 0 Å². The molecule has 0 bridgehead atoms. The molecule has 4 aromatic rings. The van der Waals surface area contributed by atoms with Crippen LogP contribution in [0.25, 0.3) is 0 Å². The second kappa shape index (κ2) is 10.4. The number of carbonyl (C=O) groups is 1. The van der Waals surface area contributed by atoms with Gasteiger partial charge in [-0.25, -0.2) is 4.39 Å². The van der Waals surface area contributed by atoms with E-state index in [0.29, 0.717) is 31.9 Å². The molecule has 0 aliphatic heterocycles. The van der Waals surface area contributed by atoms with Gasteiger partial charge in [0.1, 0.15) is 11.6 Å². The number of ether oxygens (including phenoxy) is 1. The van der Waals surface area contributed by atoms with Crippen LogP contribution in [-0.4, -0.2) is 22.4 Å². The van der Waals surface area contributed by atoms with Crippen molar-refractivity contribution in [2.24, 2.45) is 0 Å². The minimum atomic E-state index is -0.247. The number of rotatable bonds is 9. The van der Waals surface area contributed by atoms with Crippen LogP contribution in [0.15, 0.2) is 95.9 Å². The fourth-order valence-corrected chi connectivity index (χ4v) is 3.36. The van der Waals surface area contributed by atoms with Crippen LogP contribution in [0.4, 0.5) is 4.39 Å². The average molecular weight is 430 g/mol. The van der Waals surface area contributed by atoms with E-state index in [1.54, 1.807) is 41.6 Å². The molecule has 0 unspecified atom stereocenters. The van der Waals surface area contributed by atoms with Gasteiger partial charge in [-0.05, 0) is 65.2 Å². The first-order chi connectivity index (χ1) is 15.7. The Morgan fingerprint density at radius 1 is 0.906 bits per heavy atom. The minimum absolute atomic E-state index is 0.186. The molecule has 1 amide bonds. The SMILES string of the molecule is O=C(c1ccco1)N(Cc1ccncc1)Cc1cccc(OCCc2ccc(F)cc2)c1. The maximum absolute atomic E-state index is 13.0. The van der Waals surface area contributed by atoms with Gasteiger partial charge in [-0.15, -0.1) is 0 Å². The molecule has 2 aromatic heterocycles. The summed E-state index contributed by atoms with van der Waals surface area (Å²) in [5.74, 6) is 0.585. The van der Waals surface area contributed by atoms with Crippen molar-refractivity contribution in [2.45, 2.75) is 19.5 Å². The molecule has 0 aliphatic rings. The molecule has 0 fully saturated rings. The van der Waals surface area contributed by atoms with Gasteiger partial charge in [-0.2, -0.15) is 0 Å². The monoisotopic (exact) mass is 430 g/mol. The van der Waals surface area contributed by atoms with E-state index in [9.17, 15) is 9.18 Å². The molecular weight excluding hydrogens is 407 g/mol. The number of aromatic nitrogens is 1. The number of halogens is 1. The number of pyridine rings is 1. The number of hydrogen-bond donors (Lipinski definition) is 0. The van der Waals surface area contributed by atoms with Crippen molar-refractivity contribution in [3.8, 4) is 5.75 Å². The molecule has 6 heteroatoms. The van der Waals surface area contributed by atoms with Gasteiger partial charge in [-0.3, -0.25) is 9.78 Å². The van der Waals surface area contributed by atoms with Gasteiger partial charge in [0.05, 0.1) is 12.9 Å². The summed E-state index contributed by atoms with van der Waals surface area (Å²) in [6, 6.07) is 21.2. The van der Waals surface area contributed by atoms with E-state index in [1.807, 2.05) is 36.4 Å². The van der Waals surface area contributed by atoms with Crippen LogP contribution in [0.5, 0.6) is 5.75 Å². The normalized spacial score (nSPS) is 10.7. The van der Waals surface area contributed by atoms with E-state index in [4.69, 9.17) is 9.15 Å². The number of hydrogen-bond acceptors (Lipinski definition) is 4. The molecule has 0 N–H and O–H groups in total. The van der Waals surface area contributed by atoms with E-state index >= 15 is 0 Å². The zero-order chi connectivity index (χ0) is 22.2. The van der Waals surface area contributed by atoms with Crippen LogP contribution >= 0.6 is 0 Å². The van der Waals surface area contributed by atoms with Crippen LogP contribution < -0.4 is 4.74 Å². The fourth-order valence-electron chi connectivity index (χ4n) is 3.36. The maximum Gasteiger partial charge on any atom is 0.290 e. The third-order valence-electron chi connectivity index (χ3n) is 4.99. The second-order valence-electron chi connectivity index (χ2n) is 7.37. The standard InChI is InChI=1S/C26H23FN2O3/c27-23-8-6-20(7-9-23)12-16-31-24-4-1-3-22(17-24)19-29(18-21-10-13-28-14-11-21)26(30)25-5-2-15-32-25/h1-11,13-15,17H,12,16,18-19H2. The molecule has 0 atom stereocenters. The summed E-state index contributed by atoms with van der Waals surface area (Å²) in [5, 5.41) is 0. The molecule has 32 heavy (non-hydrogen) atoms. The summed E-state index contributed by atoms with van der Waals surface area (Å²) >= 11 is 0. The quantitative estimate of drug-likeness (QED) is 0.363. The highest BCUT2D eigenvalue weighted by Gasteiger charge is 2.19. The molecule has 0 saturated carbocycles. The fraction of sp³-hybridized carbons (Fsp3) is 0.154. The topological polar surface area (TPSA) is 55.6 Å². The molecule has 162 valence electrons. The summed E-state index contributed by atoms with van der Waals surface area (Å²) in [6.45, 7) is 1.30. The van der Waals surface area contributed by atoms with Gasteiger partial charge in [-0.1, -0.05) is 24.3 Å².